The number of nitrogens with zero attached hydrogens (tertiary/aromatic N) is 1. The monoisotopic (exact) mass is 420 g/mol. The van der Waals surface area contributed by atoms with Crippen LogP contribution in [0.2, 0.25) is 0 Å². The molecular formula is C21H28N2O5S. The van der Waals surface area contributed by atoms with Gasteiger partial charge in [-0.1, -0.05) is 58.0 Å². The van der Waals surface area contributed by atoms with E-state index < -0.39 is 21.7 Å². The number of carboxylic acid groups (broad SMARTS) is 1. The lowest BCUT2D eigenvalue weighted by atomic mass is 10.0. The molecular weight excluding hydrogens is 392 g/mol. The Kier molecular flexibility index (Phi) is 6.89. The van der Waals surface area contributed by atoms with Gasteiger partial charge < -0.3 is 5.11 Å². The minimum absolute atomic E-state index is 0.0452. The average molecular weight is 421 g/mol. The van der Waals surface area contributed by atoms with E-state index in [2.05, 4.69) is 32.4 Å². The second-order valence-electron chi connectivity index (χ2n) is 8.72. The van der Waals surface area contributed by atoms with E-state index in [1.165, 1.54) is 12.1 Å². The Balaban J connectivity index is 0.000000537. The number of rotatable bonds is 5. The molecule has 0 amide bonds. The molecule has 2 aromatic rings. The van der Waals surface area contributed by atoms with Crippen LogP contribution in [0.4, 0.5) is 10.5 Å². The maximum absolute atomic E-state index is 12.3. The highest BCUT2D eigenvalue weighted by Gasteiger charge is 2.30. The molecule has 1 aliphatic rings. The largest absolute Gasteiger partial charge is 0.464 e. The summed E-state index contributed by atoms with van der Waals surface area (Å²) in [5.41, 5.74) is 0.331. The molecule has 7 nitrogen and oxygen atoms in total. The minimum atomic E-state index is -3.83. The Morgan fingerprint density at radius 2 is 1.66 bits per heavy atom. The number of hydrogen-bond acceptors (Lipinski definition) is 4. The summed E-state index contributed by atoms with van der Waals surface area (Å²) in [6.07, 6.45) is 0.239. The standard InChI is InChI=1S/C16H16N2O5S.C5H12/c19-15-13(8-9-14(12-6-7-12)18(15)16(20)21)17-24(22,23)10-11-4-2-1-3-5-11;1-5(2,3)4/h1-5,8-9,12,17H,6-7,10H2,(H,20,21);1-4H3. The Bertz CT molecular complexity index is 1010. The van der Waals surface area contributed by atoms with Crippen molar-refractivity contribution in [3.8, 4) is 0 Å². The molecule has 0 aliphatic heterocycles. The lowest BCUT2D eigenvalue weighted by Crippen LogP contribution is -2.32. The third kappa shape index (κ3) is 7.38. The zero-order chi connectivity index (χ0) is 21.8. The zero-order valence-corrected chi connectivity index (χ0v) is 18.0. The summed E-state index contributed by atoms with van der Waals surface area (Å²) in [5.74, 6) is -0.256. The van der Waals surface area contributed by atoms with E-state index in [1.54, 1.807) is 30.3 Å². The Morgan fingerprint density at radius 3 is 2.14 bits per heavy atom. The van der Waals surface area contributed by atoms with Crippen LogP contribution >= 0.6 is 0 Å². The number of nitrogens with one attached hydrogen (secondary N) is 1. The van der Waals surface area contributed by atoms with Gasteiger partial charge in [0.15, 0.2) is 0 Å². The fraction of sp³-hybridized carbons (Fsp3) is 0.429. The van der Waals surface area contributed by atoms with Gasteiger partial charge in [-0.25, -0.2) is 17.8 Å². The number of benzene rings is 1. The second-order valence-corrected chi connectivity index (χ2v) is 10.4. The van der Waals surface area contributed by atoms with Crippen molar-refractivity contribution in [2.75, 3.05) is 4.72 Å². The van der Waals surface area contributed by atoms with Gasteiger partial charge in [0, 0.05) is 5.69 Å². The van der Waals surface area contributed by atoms with Crippen LogP contribution < -0.4 is 10.3 Å². The second kappa shape index (κ2) is 8.82. The van der Waals surface area contributed by atoms with Crippen LogP contribution in [0.15, 0.2) is 47.3 Å². The molecule has 0 spiro atoms. The highest BCUT2D eigenvalue weighted by molar-refractivity contribution is 7.91. The molecule has 1 fully saturated rings. The van der Waals surface area contributed by atoms with E-state index >= 15 is 0 Å². The summed E-state index contributed by atoms with van der Waals surface area (Å²) in [6, 6.07) is 11.3. The molecule has 1 aliphatic carbocycles. The van der Waals surface area contributed by atoms with E-state index in [4.69, 9.17) is 0 Å². The van der Waals surface area contributed by atoms with Crippen LogP contribution in [0.25, 0.3) is 0 Å². The zero-order valence-electron chi connectivity index (χ0n) is 17.2. The first-order valence-corrected chi connectivity index (χ1v) is 11.1. The normalized spacial score (nSPS) is 13.9. The summed E-state index contributed by atoms with van der Waals surface area (Å²) < 4.78 is 27.3. The highest BCUT2D eigenvalue weighted by atomic mass is 32.2. The van der Waals surface area contributed by atoms with Gasteiger partial charge in [0.1, 0.15) is 5.69 Å². The number of carbonyl (C=O) groups is 1. The number of aromatic nitrogens is 1. The fourth-order valence-corrected chi connectivity index (χ4v) is 3.72. The predicted octanol–water partition coefficient (Wildman–Crippen LogP) is 4.25. The van der Waals surface area contributed by atoms with Gasteiger partial charge in [0.2, 0.25) is 10.0 Å². The van der Waals surface area contributed by atoms with E-state index in [1.807, 2.05) is 0 Å². The van der Waals surface area contributed by atoms with Gasteiger partial charge in [-0.05, 0) is 41.9 Å². The molecule has 3 rings (SSSR count). The summed E-state index contributed by atoms with van der Waals surface area (Å²) in [5, 5.41) is 9.27. The molecule has 29 heavy (non-hydrogen) atoms. The lowest BCUT2D eigenvalue weighted by molar-refractivity contribution is 0.194. The fourth-order valence-electron chi connectivity index (χ4n) is 2.52. The van der Waals surface area contributed by atoms with Crippen LogP contribution in [-0.4, -0.2) is 24.2 Å². The smallest absolute Gasteiger partial charge is 0.418 e. The topological polar surface area (TPSA) is 105 Å². The molecule has 1 saturated carbocycles. The molecule has 1 aromatic carbocycles. The van der Waals surface area contributed by atoms with Gasteiger partial charge in [0.25, 0.3) is 5.56 Å². The number of pyridine rings is 1. The maximum Gasteiger partial charge on any atom is 0.418 e. The van der Waals surface area contributed by atoms with Gasteiger partial charge >= 0.3 is 6.09 Å². The van der Waals surface area contributed by atoms with Crippen molar-refractivity contribution in [3.63, 3.8) is 0 Å². The van der Waals surface area contributed by atoms with Crippen LogP contribution in [0, 0.1) is 5.41 Å². The Hall–Kier alpha value is -2.61. The molecule has 2 N–H and O–H groups in total. The minimum Gasteiger partial charge on any atom is -0.464 e. The van der Waals surface area contributed by atoms with Crippen LogP contribution in [-0.2, 0) is 15.8 Å². The van der Waals surface area contributed by atoms with E-state index in [0.29, 0.717) is 21.2 Å². The molecule has 158 valence electrons. The van der Waals surface area contributed by atoms with Gasteiger partial charge in [-0.3, -0.25) is 9.52 Å². The van der Waals surface area contributed by atoms with Crippen molar-refractivity contribution in [2.24, 2.45) is 5.41 Å². The SMILES string of the molecule is CC(C)(C)C.O=C(O)n1c(C2CC2)ccc(NS(=O)(=O)Cc2ccccc2)c1=O. The molecule has 0 unspecified atom stereocenters. The quantitative estimate of drug-likeness (QED) is 0.752. The van der Waals surface area contributed by atoms with Crippen LogP contribution in [0.3, 0.4) is 0 Å². The molecule has 0 bridgehead atoms. The number of anilines is 1. The third-order valence-corrected chi connectivity index (χ3v) is 5.01. The Morgan fingerprint density at radius 1 is 1.10 bits per heavy atom. The van der Waals surface area contributed by atoms with Gasteiger partial charge in [-0.2, -0.15) is 0 Å². The summed E-state index contributed by atoms with van der Waals surface area (Å²) in [6.45, 7) is 8.75. The predicted molar refractivity (Wildman–Crippen MR) is 114 cm³/mol. The molecule has 8 heteroatoms. The summed E-state index contributed by atoms with van der Waals surface area (Å²) in [4.78, 5) is 23.7. The molecule has 0 radical (unpaired) electrons. The van der Waals surface area contributed by atoms with Crippen LogP contribution in [0.5, 0.6) is 0 Å². The van der Waals surface area contributed by atoms with Crippen molar-refractivity contribution < 1.29 is 18.3 Å². The van der Waals surface area contributed by atoms with Crippen molar-refractivity contribution in [1.29, 1.82) is 0 Å². The van der Waals surface area contributed by atoms with Gasteiger partial charge in [-0.15, -0.1) is 0 Å². The molecule has 0 saturated heterocycles. The summed E-state index contributed by atoms with van der Waals surface area (Å²) >= 11 is 0. The third-order valence-electron chi connectivity index (χ3n) is 3.76. The lowest BCUT2D eigenvalue weighted by Gasteiger charge is -2.12. The van der Waals surface area contributed by atoms with Crippen molar-refractivity contribution >= 4 is 21.8 Å². The van der Waals surface area contributed by atoms with Crippen LogP contribution in [0.1, 0.15) is 57.7 Å². The number of sulfonamides is 1. The Labute approximate surface area is 171 Å². The molecule has 1 heterocycles. The maximum atomic E-state index is 12.3. The van der Waals surface area contributed by atoms with E-state index in [9.17, 15) is 23.1 Å². The molecule has 1 aromatic heterocycles. The van der Waals surface area contributed by atoms with Crippen molar-refractivity contribution in [1.82, 2.24) is 4.57 Å². The highest BCUT2D eigenvalue weighted by Crippen LogP contribution is 2.39. The first-order chi connectivity index (χ1) is 13.4. The van der Waals surface area contributed by atoms with Crippen molar-refractivity contribution in [3.05, 3.63) is 64.1 Å². The van der Waals surface area contributed by atoms with E-state index in [-0.39, 0.29) is 17.4 Å². The first-order valence-electron chi connectivity index (χ1n) is 9.41. The van der Waals surface area contributed by atoms with Gasteiger partial charge in [0.05, 0.1) is 5.75 Å². The van der Waals surface area contributed by atoms with E-state index in [0.717, 1.165) is 12.8 Å². The first kappa shape index (κ1) is 22.7. The number of hydrogen-bond donors (Lipinski definition) is 2. The average Bonchev–Trinajstić information content (AvgIpc) is 3.40. The van der Waals surface area contributed by atoms with Crippen molar-refractivity contribution in [2.45, 2.75) is 52.2 Å². The molecule has 0 atom stereocenters. The summed E-state index contributed by atoms with van der Waals surface area (Å²) in [7, 11) is -3.83.